The van der Waals surface area contributed by atoms with Gasteiger partial charge in [0, 0.05) is 25.7 Å². The van der Waals surface area contributed by atoms with E-state index in [0.29, 0.717) is 5.52 Å². The van der Waals surface area contributed by atoms with Crippen LogP contribution in [-0.4, -0.2) is 56.4 Å². The highest BCUT2D eigenvalue weighted by molar-refractivity contribution is 7.89. The van der Waals surface area contributed by atoms with Crippen LogP contribution >= 0.6 is 0 Å². The Morgan fingerprint density at radius 3 is 2.73 bits per heavy atom. The molecular weight excluding hydrogens is 494 g/mol. The van der Waals surface area contributed by atoms with E-state index >= 15 is 0 Å². The lowest BCUT2D eigenvalue weighted by Gasteiger charge is -2.23. The molecule has 0 saturated carbocycles. The second-order valence-corrected chi connectivity index (χ2v) is 11.2. The van der Waals surface area contributed by atoms with Crippen molar-refractivity contribution in [3.05, 3.63) is 77.0 Å². The van der Waals surface area contributed by atoms with Crippen LogP contribution in [0, 0.1) is 6.92 Å². The number of hydrogen-bond donors (Lipinski definition) is 1. The summed E-state index contributed by atoms with van der Waals surface area (Å²) in [7, 11) is -2.06. The summed E-state index contributed by atoms with van der Waals surface area (Å²) in [4.78, 5) is 16.0. The maximum Gasteiger partial charge on any atom is 0.304 e. The zero-order valence-corrected chi connectivity index (χ0v) is 21.5. The molecule has 2 aromatic carbocycles. The number of rotatable bonds is 6. The van der Waals surface area contributed by atoms with E-state index in [1.165, 1.54) is 16.6 Å². The van der Waals surface area contributed by atoms with Crippen LogP contribution in [0.1, 0.15) is 41.5 Å². The Hall–Kier alpha value is -3.83. The molecule has 1 aliphatic rings. The van der Waals surface area contributed by atoms with Crippen molar-refractivity contribution in [2.24, 2.45) is 7.05 Å². The first-order valence-corrected chi connectivity index (χ1v) is 13.3. The summed E-state index contributed by atoms with van der Waals surface area (Å²) in [5.74, 6) is -1.28. The van der Waals surface area contributed by atoms with Crippen molar-refractivity contribution < 1.29 is 23.1 Å². The quantitative estimate of drug-likeness (QED) is 0.410. The Balaban J connectivity index is 1.53. The summed E-state index contributed by atoms with van der Waals surface area (Å²) in [6.45, 7) is 4.00. The number of ether oxygens (including phenoxy) is 1. The van der Waals surface area contributed by atoms with Gasteiger partial charge in [-0.05, 0) is 60.4 Å². The molecule has 1 aliphatic heterocycles. The number of sulfonamides is 1. The van der Waals surface area contributed by atoms with Crippen molar-refractivity contribution in [1.29, 1.82) is 0 Å². The molecule has 0 saturated heterocycles. The molecule has 0 amide bonds. The van der Waals surface area contributed by atoms with Crippen LogP contribution in [0.5, 0.6) is 5.88 Å². The molecule has 10 nitrogen and oxygen atoms in total. The van der Waals surface area contributed by atoms with Crippen LogP contribution in [0.4, 0.5) is 0 Å². The maximum atomic E-state index is 13.5. The minimum Gasteiger partial charge on any atom is -0.481 e. The number of aryl methyl sites for hydroxylation is 2. The van der Waals surface area contributed by atoms with E-state index in [2.05, 4.69) is 15.3 Å². The van der Waals surface area contributed by atoms with Crippen LogP contribution in [-0.2, 0) is 28.4 Å². The third-order valence-corrected chi connectivity index (χ3v) is 8.49. The second-order valence-electron chi connectivity index (χ2n) is 9.33. The predicted molar refractivity (Wildman–Crippen MR) is 136 cm³/mol. The Morgan fingerprint density at radius 1 is 1.19 bits per heavy atom. The van der Waals surface area contributed by atoms with E-state index < -0.39 is 28.0 Å². The SMILES string of the molecule is Cc1ccc(C(CC(=O)O)c2ccc3c(c2)nnn3C)cc1CN1CC(C)Oc2ncccc2S1(=O)=O. The fourth-order valence-electron chi connectivity index (χ4n) is 4.71. The molecular formula is C26H27N5O5S. The van der Waals surface area contributed by atoms with E-state index in [0.717, 1.165) is 27.8 Å². The molecule has 1 N–H and O–H groups in total. The summed E-state index contributed by atoms with van der Waals surface area (Å²) < 4.78 is 35.9. The van der Waals surface area contributed by atoms with Crippen molar-refractivity contribution in [2.75, 3.05) is 6.54 Å². The van der Waals surface area contributed by atoms with Gasteiger partial charge < -0.3 is 9.84 Å². The molecule has 192 valence electrons. The number of carboxylic acids is 1. The van der Waals surface area contributed by atoms with E-state index in [1.54, 1.807) is 24.7 Å². The Labute approximate surface area is 214 Å². The average Bonchev–Trinajstić information content (AvgIpc) is 3.19. The number of fused-ring (bicyclic) bond motifs is 2. The smallest absolute Gasteiger partial charge is 0.304 e. The molecule has 37 heavy (non-hydrogen) atoms. The number of aromatic nitrogens is 4. The van der Waals surface area contributed by atoms with Gasteiger partial charge in [-0.3, -0.25) is 4.79 Å². The van der Waals surface area contributed by atoms with Gasteiger partial charge in [-0.1, -0.05) is 29.5 Å². The van der Waals surface area contributed by atoms with Crippen molar-refractivity contribution in [2.45, 2.75) is 43.7 Å². The minimum atomic E-state index is -3.86. The average molecular weight is 522 g/mol. The van der Waals surface area contributed by atoms with Crippen LogP contribution in [0.3, 0.4) is 0 Å². The fourth-order valence-corrected chi connectivity index (χ4v) is 6.27. The van der Waals surface area contributed by atoms with Crippen molar-refractivity contribution >= 4 is 27.0 Å². The summed E-state index contributed by atoms with van der Waals surface area (Å²) in [6, 6.07) is 14.4. The lowest BCUT2D eigenvalue weighted by molar-refractivity contribution is -0.137. The largest absolute Gasteiger partial charge is 0.481 e. The first-order valence-electron chi connectivity index (χ1n) is 11.9. The van der Waals surface area contributed by atoms with E-state index in [1.807, 2.05) is 43.3 Å². The van der Waals surface area contributed by atoms with Crippen molar-refractivity contribution in [3.63, 3.8) is 0 Å². The predicted octanol–water partition coefficient (Wildman–Crippen LogP) is 3.25. The van der Waals surface area contributed by atoms with Gasteiger partial charge in [0.2, 0.25) is 15.9 Å². The number of carboxylic acid groups (broad SMARTS) is 1. The second kappa shape index (κ2) is 9.56. The molecule has 11 heteroatoms. The lowest BCUT2D eigenvalue weighted by atomic mass is 9.86. The lowest BCUT2D eigenvalue weighted by Crippen LogP contribution is -2.35. The number of nitrogens with zero attached hydrogens (tertiary/aromatic N) is 5. The summed E-state index contributed by atoms with van der Waals surface area (Å²) in [5, 5.41) is 17.9. The van der Waals surface area contributed by atoms with Crippen molar-refractivity contribution in [3.8, 4) is 5.88 Å². The zero-order valence-electron chi connectivity index (χ0n) is 20.7. The van der Waals surface area contributed by atoms with E-state index in [9.17, 15) is 18.3 Å². The molecule has 0 spiro atoms. The number of benzene rings is 2. The number of pyridine rings is 1. The third kappa shape index (κ3) is 4.79. The number of aliphatic carboxylic acids is 1. The Morgan fingerprint density at radius 2 is 1.95 bits per heavy atom. The molecule has 0 bridgehead atoms. The molecule has 3 heterocycles. The van der Waals surface area contributed by atoms with Gasteiger partial charge in [-0.2, -0.15) is 4.31 Å². The van der Waals surface area contributed by atoms with Crippen LogP contribution in [0.25, 0.3) is 11.0 Å². The van der Waals surface area contributed by atoms with E-state index in [-0.39, 0.29) is 30.3 Å². The molecule has 2 atom stereocenters. The van der Waals surface area contributed by atoms with Crippen molar-refractivity contribution in [1.82, 2.24) is 24.3 Å². The Kier molecular flexibility index (Phi) is 6.42. The molecule has 0 aliphatic carbocycles. The first-order chi connectivity index (χ1) is 17.6. The normalized spacial score (nSPS) is 18.1. The van der Waals surface area contributed by atoms with Gasteiger partial charge in [-0.15, -0.1) is 5.10 Å². The van der Waals surface area contributed by atoms with Gasteiger partial charge in [0.25, 0.3) is 0 Å². The van der Waals surface area contributed by atoms with Gasteiger partial charge in [-0.25, -0.2) is 18.1 Å². The summed E-state index contributed by atoms with van der Waals surface area (Å²) in [5.41, 5.74) is 4.80. The van der Waals surface area contributed by atoms with Crippen LogP contribution < -0.4 is 4.74 Å². The topological polar surface area (TPSA) is 128 Å². The highest BCUT2D eigenvalue weighted by Crippen LogP contribution is 2.33. The summed E-state index contributed by atoms with van der Waals surface area (Å²) in [6.07, 6.45) is 0.985. The highest BCUT2D eigenvalue weighted by atomic mass is 32.2. The molecule has 2 aromatic heterocycles. The monoisotopic (exact) mass is 521 g/mol. The number of carbonyl (C=O) groups is 1. The molecule has 0 radical (unpaired) electrons. The maximum absolute atomic E-state index is 13.5. The first kappa shape index (κ1) is 24.8. The van der Waals surface area contributed by atoms with Gasteiger partial charge >= 0.3 is 5.97 Å². The van der Waals surface area contributed by atoms with Gasteiger partial charge in [0.1, 0.15) is 16.5 Å². The summed E-state index contributed by atoms with van der Waals surface area (Å²) >= 11 is 0. The third-order valence-electron chi connectivity index (χ3n) is 6.67. The van der Waals surface area contributed by atoms with Crippen LogP contribution in [0.2, 0.25) is 0 Å². The number of hydrogen-bond acceptors (Lipinski definition) is 7. The molecule has 0 fully saturated rings. The van der Waals surface area contributed by atoms with Gasteiger partial charge in [0.15, 0.2) is 0 Å². The van der Waals surface area contributed by atoms with Crippen LogP contribution in [0.15, 0.2) is 59.6 Å². The molecule has 4 aromatic rings. The minimum absolute atomic E-state index is 0.0363. The standard InChI is InChI=1S/C26H27N5O5S/c1-16-6-7-18(21(13-25(32)33)19-8-9-23-22(12-19)28-29-30(23)3)11-20(16)15-31-14-17(2)36-26-24(37(31,34)35)5-4-10-27-26/h4-12,17,21H,13-15H2,1-3H3,(H,32,33). The molecule has 5 rings (SSSR count). The van der Waals surface area contributed by atoms with Gasteiger partial charge in [0.05, 0.1) is 18.5 Å². The fraction of sp³-hybridized carbons (Fsp3) is 0.308. The Bertz CT molecular complexity index is 1600. The van der Waals surface area contributed by atoms with E-state index in [4.69, 9.17) is 4.74 Å². The highest BCUT2D eigenvalue weighted by Gasteiger charge is 2.34. The molecule has 2 unspecified atom stereocenters. The zero-order chi connectivity index (χ0) is 26.3.